The van der Waals surface area contributed by atoms with E-state index in [2.05, 4.69) is 6.07 Å². The summed E-state index contributed by atoms with van der Waals surface area (Å²) in [5, 5.41) is 0. The fraction of sp³-hybridized carbons (Fsp3) is 0.333. The maximum absolute atomic E-state index is 6.37. The van der Waals surface area contributed by atoms with E-state index in [-0.39, 0.29) is 12.1 Å². The highest BCUT2D eigenvalue weighted by molar-refractivity contribution is 5.38. The van der Waals surface area contributed by atoms with Gasteiger partial charge in [-0.05, 0) is 44.0 Å². The second-order valence-electron chi connectivity index (χ2n) is 5.37. The van der Waals surface area contributed by atoms with Gasteiger partial charge in [-0.15, -0.1) is 0 Å². The third-order valence-electron chi connectivity index (χ3n) is 3.27. The molecule has 0 saturated heterocycles. The maximum Gasteiger partial charge on any atom is 0.124 e. The van der Waals surface area contributed by atoms with Crippen LogP contribution in [0.25, 0.3) is 0 Å². The van der Waals surface area contributed by atoms with Crippen molar-refractivity contribution in [2.24, 2.45) is 5.73 Å². The molecule has 2 rings (SSSR count). The molecule has 3 heteroatoms. The van der Waals surface area contributed by atoms with Gasteiger partial charge in [-0.25, -0.2) is 0 Å². The lowest BCUT2D eigenvalue weighted by atomic mass is 9.98. The number of nitrogens with two attached hydrogens (primary N) is 1. The van der Waals surface area contributed by atoms with E-state index in [0.29, 0.717) is 0 Å². The van der Waals surface area contributed by atoms with Gasteiger partial charge < -0.3 is 15.2 Å². The van der Waals surface area contributed by atoms with Gasteiger partial charge in [-0.2, -0.15) is 0 Å². The Balaban J connectivity index is 2.17. The molecule has 0 radical (unpaired) electrons. The normalized spacial score (nSPS) is 12.2. The van der Waals surface area contributed by atoms with Crippen LogP contribution in [0.15, 0.2) is 48.5 Å². The lowest BCUT2D eigenvalue weighted by Gasteiger charge is -2.19. The highest BCUT2D eigenvalue weighted by atomic mass is 16.5. The van der Waals surface area contributed by atoms with Gasteiger partial charge in [-0.3, -0.25) is 0 Å². The van der Waals surface area contributed by atoms with Crippen LogP contribution >= 0.6 is 0 Å². The second kappa shape index (κ2) is 7.14. The number of methoxy groups -OCH3 is 1. The smallest absolute Gasteiger partial charge is 0.124 e. The van der Waals surface area contributed by atoms with Crippen LogP contribution in [0.3, 0.4) is 0 Å². The number of ether oxygens (including phenoxy) is 2. The molecule has 0 spiro atoms. The van der Waals surface area contributed by atoms with Crippen LogP contribution in [-0.2, 0) is 6.42 Å². The van der Waals surface area contributed by atoms with Gasteiger partial charge in [0.15, 0.2) is 0 Å². The Kier molecular flexibility index (Phi) is 5.23. The molecule has 0 fully saturated rings. The molecule has 0 aromatic heterocycles. The molecule has 0 bridgehead atoms. The summed E-state index contributed by atoms with van der Waals surface area (Å²) < 4.78 is 11.1. The van der Waals surface area contributed by atoms with Crippen molar-refractivity contribution in [3.63, 3.8) is 0 Å². The van der Waals surface area contributed by atoms with Gasteiger partial charge in [0.25, 0.3) is 0 Å². The Morgan fingerprint density at radius 2 is 1.81 bits per heavy atom. The van der Waals surface area contributed by atoms with Crippen molar-refractivity contribution in [1.82, 2.24) is 0 Å². The third-order valence-corrected chi connectivity index (χ3v) is 3.27. The van der Waals surface area contributed by atoms with Gasteiger partial charge in [0.05, 0.1) is 13.2 Å². The molecule has 1 atom stereocenters. The van der Waals surface area contributed by atoms with E-state index >= 15 is 0 Å². The van der Waals surface area contributed by atoms with Crippen molar-refractivity contribution in [2.45, 2.75) is 32.4 Å². The zero-order valence-corrected chi connectivity index (χ0v) is 12.9. The zero-order chi connectivity index (χ0) is 15.2. The lowest BCUT2D eigenvalue weighted by Crippen LogP contribution is -2.16. The molecular weight excluding hydrogens is 262 g/mol. The molecule has 1 unspecified atom stereocenters. The molecule has 21 heavy (non-hydrogen) atoms. The van der Waals surface area contributed by atoms with E-state index in [1.165, 1.54) is 0 Å². The maximum atomic E-state index is 6.37. The Morgan fingerprint density at radius 3 is 2.52 bits per heavy atom. The summed E-state index contributed by atoms with van der Waals surface area (Å²) in [5.74, 6) is 1.72. The van der Waals surface area contributed by atoms with E-state index < -0.39 is 0 Å². The summed E-state index contributed by atoms with van der Waals surface area (Å²) in [5.41, 5.74) is 8.56. The van der Waals surface area contributed by atoms with E-state index in [0.717, 1.165) is 29.0 Å². The molecular formula is C18H23NO2. The minimum Gasteiger partial charge on any atom is -0.497 e. The van der Waals surface area contributed by atoms with Crippen LogP contribution in [-0.4, -0.2) is 13.2 Å². The first kappa shape index (κ1) is 15.4. The van der Waals surface area contributed by atoms with Crippen molar-refractivity contribution in [2.75, 3.05) is 7.11 Å². The average Bonchev–Trinajstić information content (AvgIpc) is 2.47. The SMILES string of the molecule is COc1cccc(CC(N)c2ccccc2OC(C)C)c1. The standard InChI is InChI=1S/C18H23NO2/c1-13(2)21-18-10-5-4-9-16(18)17(19)12-14-7-6-8-15(11-14)20-3/h4-11,13,17H,12,19H2,1-3H3. The highest BCUT2D eigenvalue weighted by Crippen LogP contribution is 2.27. The molecule has 0 heterocycles. The Hall–Kier alpha value is -2.00. The first-order chi connectivity index (χ1) is 10.1. The molecule has 2 aromatic rings. The van der Waals surface area contributed by atoms with Crippen molar-refractivity contribution in [1.29, 1.82) is 0 Å². The lowest BCUT2D eigenvalue weighted by molar-refractivity contribution is 0.238. The van der Waals surface area contributed by atoms with Crippen LogP contribution < -0.4 is 15.2 Å². The van der Waals surface area contributed by atoms with E-state index in [4.69, 9.17) is 15.2 Å². The molecule has 3 nitrogen and oxygen atoms in total. The number of hydrogen-bond donors (Lipinski definition) is 1. The molecule has 0 saturated carbocycles. The largest absolute Gasteiger partial charge is 0.497 e. The fourth-order valence-corrected chi connectivity index (χ4v) is 2.31. The van der Waals surface area contributed by atoms with Crippen LogP contribution in [0, 0.1) is 0 Å². The van der Waals surface area contributed by atoms with Crippen LogP contribution in [0.2, 0.25) is 0 Å². The quantitative estimate of drug-likeness (QED) is 0.879. The summed E-state index contributed by atoms with van der Waals surface area (Å²) >= 11 is 0. The molecule has 112 valence electrons. The van der Waals surface area contributed by atoms with Crippen molar-refractivity contribution >= 4 is 0 Å². The molecule has 2 N–H and O–H groups in total. The van der Waals surface area contributed by atoms with Crippen molar-refractivity contribution in [3.8, 4) is 11.5 Å². The Morgan fingerprint density at radius 1 is 1.05 bits per heavy atom. The Bertz CT molecular complexity index is 581. The topological polar surface area (TPSA) is 44.5 Å². The average molecular weight is 285 g/mol. The molecule has 0 aliphatic heterocycles. The third kappa shape index (κ3) is 4.23. The van der Waals surface area contributed by atoms with Gasteiger partial charge in [0.1, 0.15) is 11.5 Å². The van der Waals surface area contributed by atoms with E-state index in [9.17, 15) is 0 Å². The van der Waals surface area contributed by atoms with Gasteiger partial charge in [-0.1, -0.05) is 30.3 Å². The minimum atomic E-state index is -0.105. The molecule has 0 aliphatic rings. The molecule has 0 amide bonds. The first-order valence-electron chi connectivity index (χ1n) is 7.24. The van der Waals surface area contributed by atoms with Gasteiger partial charge in [0.2, 0.25) is 0 Å². The Labute approximate surface area is 126 Å². The van der Waals surface area contributed by atoms with Gasteiger partial charge >= 0.3 is 0 Å². The van der Waals surface area contributed by atoms with Crippen molar-refractivity contribution in [3.05, 3.63) is 59.7 Å². The summed E-state index contributed by atoms with van der Waals surface area (Å²) in [6, 6.07) is 15.9. The van der Waals surface area contributed by atoms with E-state index in [1.807, 2.05) is 56.3 Å². The molecule has 0 aliphatic carbocycles. The summed E-state index contributed by atoms with van der Waals surface area (Å²) in [4.78, 5) is 0. The van der Waals surface area contributed by atoms with Gasteiger partial charge in [0, 0.05) is 11.6 Å². The predicted molar refractivity (Wildman–Crippen MR) is 85.8 cm³/mol. The summed E-state index contributed by atoms with van der Waals surface area (Å²) in [7, 11) is 1.67. The summed E-state index contributed by atoms with van der Waals surface area (Å²) in [6.45, 7) is 4.04. The number of para-hydroxylation sites is 1. The van der Waals surface area contributed by atoms with E-state index in [1.54, 1.807) is 7.11 Å². The zero-order valence-electron chi connectivity index (χ0n) is 12.9. The molecule has 2 aromatic carbocycles. The minimum absolute atomic E-state index is 0.105. The van der Waals surface area contributed by atoms with Crippen molar-refractivity contribution < 1.29 is 9.47 Å². The number of benzene rings is 2. The fourth-order valence-electron chi connectivity index (χ4n) is 2.31. The predicted octanol–water partition coefficient (Wildman–Crippen LogP) is 3.72. The van der Waals surface area contributed by atoms with Crippen LogP contribution in [0.1, 0.15) is 31.0 Å². The number of hydrogen-bond acceptors (Lipinski definition) is 3. The monoisotopic (exact) mass is 285 g/mol. The van der Waals surface area contributed by atoms with Crippen LogP contribution in [0.5, 0.6) is 11.5 Å². The summed E-state index contributed by atoms with van der Waals surface area (Å²) in [6.07, 6.45) is 0.880. The number of rotatable bonds is 6. The van der Waals surface area contributed by atoms with Crippen LogP contribution in [0.4, 0.5) is 0 Å². The highest BCUT2D eigenvalue weighted by Gasteiger charge is 2.13. The first-order valence-corrected chi connectivity index (χ1v) is 7.24. The second-order valence-corrected chi connectivity index (χ2v) is 5.37.